The number of nitrogens with zero attached hydrogens (tertiary/aromatic N) is 4. The quantitative estimate of drug-likeness (QED) is 0.873. The molecule has 1 fully saturated rings. The van der Waals surface area contributed by atoms with Crippen LogP contribution >= 0.6 is 0 Å². The van der Waals surface area contributed by atoms with Crippen LogP contribution in [0.3, 0.4) is 0 Å². The van der Waals surface area contributed by atoms with Gasteiger partial charge >= 0.3 is 0 Å². The Morgan fingerprint density at radius 1 is 1.23 bits per heavy atom. The number of anilines is 2. The third-order valence-electron chi connectivity index (χ3n) is 4.28. The molecule has 0 saturated carbocycles. The van der Waals surface area contributed by atoms with Gasteiger partial charge in [-0.15, -0.1) is 0 Å². The van der Waals surface area contributed by atoms with E-state index in [1.807, 2.05) is 24.9 Å². The molecule has 1 atom stereocenters. The Morgan fingerprint density at radius 3 is 2.77 bits per heavy atom. The first-order valence-corrected chi connectivity index (χ1v) is 8.56. The number of aryl methyl sites for hydroxylation is 1. The fourth-order valence-corrected chi connectivity index (χ4v) is 3.18. The Morgan fingerprint density at radius 2 is 2.04 bits per heavy atom. The zero-order valence-electron chi connectivity index (χ0n) is 15.1. The normalized spacial score (nSPS) is 16.4. The molecule has 26 heavy (non-hydrogen) atoms. The molecule has 1 aliphatic rings. The Hall–Kier alpha value is -3.03. The number of carbonyl (C=O) groups excluding carboxylic acids is 2. The van der Waals surface area contributed by atoms with E-state index in [4.69, 9.17) is 0 Å². The van der Waals surface area contributed by atoms with Crippen molar-refractivity contribution in [2.75, 3.05) is 24.2 Å². The molecule has 0 radical (unpaired) electrons. The van der Waals surface area contributed by atoms with Crippen molar-refractivity contribution >= 4 is 23.5 Å². The van der Waals surface area contributed by atoms with E-state index in [2.05, 4.69) is 25.6 Å². The van der Waals surface area contributed by atoms with Gasteiger partial charge in [0.15, 0.2) is 0 Å². The molecular weight excluding hydrogens is 332 g/mol. The third-order valence-corrected chi connectivity index (χ3v) is 4.28. The number of nitrogens with one attached hydrogen (secondary N) is 2. The Labute approximate surface area is 152 Å². The maximum Gasteiger partial charge on any atom is 0.254 e. The number of hydrogen-bond donors (Lipinski definition) is 2. The van der Waals surface area contributed by atoms with Crippen LogP contribution in [0.2, 0.25) is 0 Å². The molecule has 136 valence electrons. The van der Waals surface area contributed by atoms with Gasteiger partial charge in [0.25, 0.3) is 5.91 Å². The first-order chi connectivity index (χ1) is 12.5. The Balaban J connectivity index is 1.87. The minimum absolute atomic E-state index is 0.0892. The fourth-order valence-electron chi connectivity index (χ4n) is 3.18. The highest BCUT2D eigenvalue weighted by atomic mass is 16.2. The van der Waals surface area contributed by atoms with Crippen LogP contribution in [0.5, 0.6) is 0 Å². The standard InChI is InChI=1S/C18H22N6O2/c1-11-21-14(10-16(19-3)22-11)15-5-4-8-24(15)18(26)13-6-7-20-17(9-13)23-12(2)25/h6-7,9-10,15H,4-5,8H2,1-3H3,(H,19,21,22)(H,20,23,25)/t15-/m0/s1. The molecule has 0 unspecified atom stereocenters. The molecule has 3 heterocycles. The largest absolute Gasteiger partial charge is 0.373 e. The molecule has 1 aliphatic heterocycles. The topological polar surface area (TPSA) is 100 Å². The second-order valence-corrected chi connectivity index (χ2v) is 6.24. The molecule has 8 heteroatoms. The maximum atomic E-state index is 13.0. The summed E-state index contributed by atoms with van der Waals surface area (Å²) in [6.45, 7) is 3.91. The molecule has 2 N–H and O–H groups in total. The summed E-state index contributed by atoms with van der Waals surface area (Å²) in [6.07, 6.45) is 3.30. The van der Waals surface area contributed by atoms with E-state index < -0.39 is 0 Å². The zero-order valence-corrected chi connectivity index (χ0v) is 15.1. The summed E-state index contributed by atoms with van der Waals surface area (Å²) in [5.74, 6) is 1.46. The summed E-state index contributed by atoms with van der Waals surface area (Å²) in [4.78, 5) is 39.0. The highest BCUT2D eigenvalue weighted by molar-refractivity contribution is 5.96. The summed E-state index contributed by atoms with van der Waals surface area (Å²) < 4.78 is 0. The van der Waals surface area contributed by atoms with Crippen LogP contribution in [0.25, 0.3) is 0 Å². The summed E-state index contributed by atoms with van der Waals surface area (Å²) in [6, 6.07) is 5.06. The van der Waals surface area contributed by atoms with Gasteiger partial charge in [-0.1, -0.05) is 0 Å². The van der Waals surface area contributed by atoms with Crippen LogP contribution in [0, 0.1) is 6.92 Å². The van der Waals surface area contributed by atoms with Crippen molar-refractivity contribution in [1.82, 2.24) is 19.9 Å². The molecule has 8 nitrogen and oxygen atoms in total. The molecule has 2 aromatic heterocycles. The first kappa shape index (κ1) is 17.8. The lowest BCUT2D eigenvalue weighted by Crippen LogP contribution is -2.31. The first-order valence-electron chi connectivity index (χ1n) is 8.56. The molecule has 1 saturated heterocycles. The van der Waals surface area contributed by atoms with Crippen molar-refractivity contribution in [3.63, 3.8) is 0 Å². The van der Waals surface area contributed by atoms with Crippen LogP contribution in [0.4, 0.5) is 11.6 Å². The van der Waals surface area contributed by atoms with Gasteiger partial charge in [-0.2, -0.15) is 0 Å². The Bertz CT molecular complexity index is 838. The van der Waals surface area contributed by atoms with Gasteiger partial charge in [0.2, 0.25) is 5.91 Å². The van der Waals surface area contributed by atoms with E-state index in [0.29, 0.717) is 23.8 Å². The average Bonchev–Trinajstić information content (AvgIpc) is 3.10. The monoisotopic (exact) mass is 354 g/mol. The highest BCUT2D eigenvalue weighted by Gasteiger charge is 2.32. The molecule has 0 aromatic carbocycles. The molecular formula is C18H22N6O2. The molecule has 2 amide bonds. The summed E-state index contributed by atoms with van der Waals surface area (Å²) in [5, 5.41) is 5.64. The van der Waals surface area contributed by atoms with Gasteiger partial charge < -0.3 is 15.5 Å². The SMILES string of the molecule is CNc1cc([C@@H]2CCCN2C(=O)c2ccnc(NC(C)=O)c2)nc(C)n1. The van der Waals surface area contributed by atoms with Gasteiger partial charge in [0.1, 0.15) is 17.5 Å². The van der Waals surface area contributed by atoms with Crippen molar-refractivity contribution in [2.24, 2.45) is 0 Å². The van der Waals surface area contributed by atoms with Crippen molar-refractivity contribution < 1.29 is 9.59 Å². The number of aromatic nitrogens is 3. The predicted octanol–water partition coefficient (Wildman–Crippen LogP) is 2.16. The van der Waals surface area contributed by atoms with Crippen molar-refractivity contribution in [3.05, 3.63) is 41.5 Å². The van der Waals surface area contributed by atoms with E-state index in [1.54, 1.807) is 12.1 Å². The number of carbonyl (C=O) groups is 2. The van der Waals surface area contributed by atoms with E-state index >= 15 is 0 Å². The summed E-state index contributed by atoms with van der Waals surface area (Å²) in [5.41, 5.74) is 1.33. The number of pyridine rings is 1. The number of hydrogen-bond acceptors (Lipinski definition) is 6. The van der Waals surface area contributed by atoms with E-state index in [0.717, 1.165) is 24.4 Å². The average molecular weight is 354 g/mol. The molecule has 0 spiro atoms. The van der Waals surface area contributed by atoms with E-state index in [9.17, 15) is 9.59 Å². The van der Waals surface area contributed by atoms with E-state index in [1.165, 1.54) is 13.1 Å². The van der Waals surface area contributed by atoms with Gasteiger partial charge in [0.05, 0.1) is 11.7 Å². The van der Waals surface area contributed by atoms with Crippen molar-refractivity contribution in [3.8, 4) is 0 Å². The van der Waals surface area contributed by atoms with Crippen LogP contribution < -0.4 is 10.6 Å². The van der Waals surface area contributed by atoms with Crippen molar-refractivity contribution in [2.45, 2.75) is 32.7 Å². The summed E-state index contributed by atoms with van der Waals surface area (Å²) in [7, 11) is 1.81. The molecule has 0 bridgehead atoms. The summed E-state index contributed by atoms with van der Waals surface area (Å²) >= 11 is 0. The van der Waals surface area contributed by atoms with Crippen LogP contribution in [-0.2, 0) is 4.79 Å². The van der Waals surface area contributed by atoms with Crippen molar-refractivity contribution in [1.29, 1.82) is 0 Å². The second kappa shape index (κ2) is 7.47. The Kier molecular flexibility index (Phi) is 5.11. The maximum absolute atomic E-state index is 13.0. The lowest BCUT2D eigenvalue weighted by Gasteiger charge is -2.25. The van der Waals surface area contributed by atoms with Gasteiger partial charge in [-0.05, 0) is 31.9 Å². The van der Waals surface area contributed by atoms with Crippen LogP contribution in [-0.4, -0.2) is 45.3 Å². The minimum atomic E-state index is -0.225. The number of amides is 2. The molecule has 3 rings (SSSR count). The molecule has 0 aliphatic carbocycles. The minimum Gasteiger partial charge on any atom is -0.373 e. The van der Waals surface area contributed by atoms with E-state index in [-0.39, 0.29) is 17.9 Å². The van der Waals surface area contributed by atoms with Gasteiger partial charge in [-0.25, -0.2) is 15.0 Å². The lowest BCUT2D eigenvalue weighted by atomic mass is 10.1. The predicted molar refractivity (Wildman–Crippen MR) is 97.9 cm³/mol. The van der Waals surface area contributed by atoms with Crippen LogP contribution in [0.1, 0.15) is 47.7 Å². The fraction of sp³-hybridized carbons (Fsp3) is 0.389. The van der Waals surface area contributed by atoms with Crippen LogP contribution in [0.15, 0.2) is 24.4 Å². The van der Waals surface area contributed by atoms with Gasteiger partial charge in [-0.3, -0.25) is 9.59 Å². The number of rotatable bonds is 4. The molecule has 2 aromatic rings. The smallest absolute Gasteiger partial charge is 0.254 e. The van der Waals surface area contributed by atoms with Gasteiger partial charge in [0, 0.05) is 38.3 Å². The second-order valence-electron chi connectivity index (χ2n) is 6.24. The number of likely N-dealkylation sites (tertiary alicyclic amines) is 1. The third kappa shape index (κ3) is 3.79. The zero-order chi connectivity index (χ0) is 18.7. The lowest BCUT2D eigenvalue weighted by molar-refractivity contribution is -0.114. The highest BCUT2D eigenvalue weighted by Crippen LogP contribution is 2.33.